The number of carbonyl (C=O) groups is 4. The molecule has 0 unspecified atom stereocenters. The molecular weight excluding hydrogens is 378 g/mol. The minimum Gasteiger partial charge on any atom is -0.463 e. The van der Waals surface area contributed by atoms with Crippen LogP contribution in [0.15, 0.2) is 0 Å². The van der Waals surface area contributed by atoms with Gasteiger partial charge < -0.3 is 34.1 Å². The van der Waals surface area contributed by atoms with E-state index in [1.807, 2.05) is 0 Å². The van der Waals surface area contributed by atoms with Gasteiger partial charge in [0.15, 0.2) is 18.5 Å². The number of amides is 1. The maximum Gasteiger partial charge on any atom is 0.303 e. The third-order valence-electron chi connectivity index (χ3n) is 3.44. The molecule has 1 heterocycles. The van der Waals surface area contributed by atoms with Crippen molar-refractivity contribution in [3.8, 4) is 12.3 Å². The van der Waals surface area contributed by atoms with Crippen molar-refractivity contribution in [1.29, 1.82) is 0 Å². The van der Waals surface area contributed by atoms with Gasteiger partial charge in [-0.25, -0.2) is 0 Å². The molecule has 11 heteroatoms. The summed E-state index contributed by atoms with van der Waals surface area (Å²) < 4.78 is 25.8. The van der Waals surface area contributed by atoms with Crippen molar-refractivity contribution in [1.82, 2.24) is 5.32 Å². The van der Waals surface area contributed by atoms with Crippen LogP contribution < -0.4 is 5.32 Å². The SMILES string of the molecule is C#CCNC(=O)CO[C@H]1O[C@H](COC(C)=O)[C@@H](OC(C)=O)[C@H](OC(C)=O)[C@H]1O. The fourth-order valence-electron chi connectivity index (χ4n) is 2.38. The second-order valence-electron chi connectivity index (χ2n) is 5.78. The number of hydrogen-bond acceptors (Lipinski definition) is 10. The average molecular weight is 401 g/mol. The molecule has 5 atom stereocenters. The van der Waals surface area contributed by atoms with Gasteiger partial charge in [-0.05, 0) is 0 Å². The second kappa shape index (κ2) is 11.2. The van der Waals surface area contributed by atoms with E-state index in [1.54, 1.807) is 0 Å². The Morgan fingerprint density at radius 1 is 1.07 bits per heavy atom. The first-order chi connectivity index (χ1) is 13.1. The van der Waals surface area contributed by atoms with Crippen LogP contribution in [0.2, 0.25) is 0 Å². The number of carbonyl (C=O) groups excluding carboxylic acids is 4. The summed E-state index contributed by atoms with van der Waals surface area (Å²) in [5, 5.41) is 12.8. The van der Waals surface area contributed by atoms with E-state index in [4.69, 9.17) is 30.1 Å². The van der Waals surface area contributed by atoms with Crippen molar-refractivity contribution >= 4 is 23.8 Å². The van der Waals surface area contributed by atoms with E-state index in [9.17, 15) is 24.3 Å². The molecule has 0 aliphatic carbocycles. The molecule has 0 aromatic heterocycles. The summed E-state index contributed by atoms with van der Waals surface area (Å²) in [6.45, 7) is 2.45. The van der Waals surface area contributed by atoms with Gasteiger partial charge in [0.25, 0.3) is 0 Å². The summed E-state index contributed by atoms with van der Waals surface area (Å²) in [7, 11) is 0. The predicted octanol–water partition coefficient (Wildman–Crippen LogP) is -1.74. The Labute approximate surface area is 161 Å². The highest BCUT2D eigenvalue weighted by molar-refractivity contribution is 5.77. The number of hydrogen-bond donors (Lipinski definition) is 2. The van der Waals surface area contributed by atoms with E-state index in [0.717, 1.165) is 20.8 Å². The molecule has 1 fully saturated rings. The smallest absolute Gasteiger partial charge is 0.303 e. The molecule has 156 valence electrons. The van der Waals surface area contributed by atoms with E-state index in [0.29, 0.717) is 0 Å². The lowest BCUT2D eigenvalue weighted by Gasteiger charge is -2.42. The van der Waals surface area contributed by atoms with Gasteiger partial charge in [-0.1, -0.05) is 5.92 Å². The van der Waals surface area contributed by atoms with Crippen LogP contribution in [0.4, 0.5) is 0 Å². The summed E-state index contributed by atoms with van der Waals surface area (Å²) in [6.07, 6.45) is -1.78. The predicted molar refractivity (Wildman–Crippen MR) is 90.2 cm³/mol. The first-order valence-corrected chi connectivity index (χ1v) is 8.28. The maximum absolute atomic E-state index is 11.6. The molecular formula is C17H23NO10. The highest BCUT2D eigenvalue weighted by atomic mass is 16.7. The van der Waals surface area contributed by atoms with Crippen LogP contribution in [-0.2, 0) is 42.9 Å². The molecule has 2 N–H and O–H groups in total. The molecule has 1 amide bonds. The standard InChI is InChI=1S/C17H23NO10/c1-5-6-18-13(22)8-25-17-14(23)16(27-11(4)21)15(26-10(3)20)12(28-17)7-24-9(2)19/h1,12,14-17,23H,6-8H2,2-4H3,(H,18,22)/t12-,14-,15-,16-,17+/m1/s1. The quantitative estimate of drug-likeness (QED) is 0.273. The van der Waals surface area contributed by atoms with Gasteiger partial charge in [0.1, 0.15) is 25.4 Å². The van der Waals surface area contributed by atoms with Crippen LogP contribution in [0.5, 0.6) is 0 Å². The summed E-state index contributed by atoms with van der Waals surface area (Å²) in [5.41, 5.74) is 0. The number of terminal acetylenes is 1. The molecule has 0 bridgehead atoms. The molecule has 1 rings (SSSR count). The number of ether oxygens (including phenoxy) is 5. The number of esters is 3. The highest BCUT2D eigenvalue weighted by Gasteiger charge is 2.50. The van der Waals surface area contributed by atoms with Gasteiger partial charge in [0, 0.05) is 20.8 Å². The van der Waals surface area contributed by atoms with E-state index in [-0.39, 0.29) is 13.2 Å². The lowest BCUT2D eigenvalue weighted by Crippen LogP contribution is -2.62. The number of rotatable bonds is 8. The van der Waals surface area contributed by atoms with Crippen LogP contribution in [0.3, 0.4) is 0 Å². The normalized spacial score (nSPS) is 26.5. The van der Waals surface area contributed by atoms with Crippen molar-refractivity contribution in [2.24, 2.45) is 0 Å². The molecule has 1 saturated heterocycles. The van der Waals surface area contributed by atoms with Crippen LogP contribution in [-0.4, -0.2) is 79.4 Å². The molecule has 0 aromatic rings. The Kier molecular flexibility index (Phi) is 9.37. The molecule has 1 aliphatic heterocycles. The third kappa shape index (κ3) is 7.51. The van der Waals surface area contributed by atoms with Gasteiger partial charge in [0.2, 0.25) is 5.91 Å². The Hall–Kier alpha value is -2.68. The lowest BCUT2D eigenvalue weighted by atomic mass is 9.98. The Morgan fingerprint density at radius 2 is 1.68 bits per heavy atom. The van der Waals surface area contributed by atoms with Gasteiger partial charge >= 0.3 is 17.9 Å². The summed E-state index contributed by atoms with van der Waals surface area (Å²) in [4.78, 5) is 45.6. The Morgan fingerprint density at radius 3 is 2.21 bits per heavy atom. The minimum absolute atomic E-state index is 0.0179. The van der Waals surface area contributed by atoms with Gasteiger partial charge in [0.05, 0.1) is 6.54 Å². The van der Waals surface area contributed by atoms with Crippen LogP contribution in [0.25, 0.3) is 0 Å². The highest BCUT2D eigenvalue weighted by Crippen LogP contribution is 2.27. The maximum atomic E-state index is 11.6. The fourth-order valence-corrected chi connectivity index (χ4v) is 2.38. The summed E-state index contributed by atoms with van der Waals surface area (Å²) in [6, 6.07) is 0. The van der Waals surface area contributed by atoms with E-state index >= 15 is 0 Å². The van der Waals surface area contributed by atoms with Crippen molar-refractivity contribution in [3.05, 3.63) is 0 Å². The Balaban J connectivity index is 2.97. The lowest BCUT2D eigenvalue weighted by molar-refractivity contribution is -0.304. The third-order valence-corrected chi connectivity index (χ3v) is 3.44. The van der Waals surface area contributed by atoms with Crippen molar-refractivity contribution < 1.29 is 48.0 Å². The molecule has 0 radical (unpaired) electrons. The van der Waals surface area contributed by atoms with Crippen LogP contribution in [0.1, 0.15) is 20.8 Å². The second-order valence-corrected chi connectivity index (χ2v) is 5.78. The molecule has 0 aromatic carbocycles. The van der Waals surface area contributed by atoms with Gasteiger partial charge in [-0.2, -0.15) is 0 Å². The van der Waals surface area contributed by atoms with Crippen LogP contribution in [0, 0.1) is 12.3 Å². The van der Waals surface area contributed by atoms with E-state index < -0.39 is 61.1 Å². The minimum atomic E-state index is -1.60. The van der Waals surface area contributed by atoms with Crippen molar-refractivity contribution in [2.75, 3.05) is 19.8 Å². The summed E-state index contributed by atoms with van der Waals surface area (Å²) in [5.74, 6) is -0.497. The molecule has 0 spiro atoms. The zero-order valence-electron chi connectivity index (χ0n) is 15.7. The zero-order chi connectivity index (χ0) is 21.3. The number of aliphatic hydroxyl groups is 1. The topological polar surface area (TPSA) is 147 Å². The number of aliphatic hydroxyl groups excluding tert-OH is 1. The van der Waals surface area contributed by atoms with Gasteiger partial charge in [-0.15, -0.1) is 6.42 Å². The number of nitrogens with one attached hydrogen (secondary N) is 1. The summed E-state index contributed by atoms with van der Waals surface area (Å²) >= 11 is 0. The van der Waals surface area contributed by atoms with E-state index in [1.165, 1.54) is 0 Å². The first-order valence-electron chi connectivity index (χ1n) is 8.28. The zero-order valence-corrected chi connectivity index (χ0v) is 15.7. The monoisotopic (exact) mass is 401 g/mol. The van der Waals surface area contributed by atoms with Crippen molar-refractivity contribution in [3.63, 3.8) is 0 Å². The van der Waals surface area contributed by atoms with Gasteiger partial charge in [-0.3, -0.25) is 19.2 Å². The molecule has 28 heavy (non-hydrogen) atoms. The largest absolute Gasteiger partial charge is 0.463 e. The van der Waals surface area contributed by atoms with Crippen molar-refractivity contribution in [2.45, 2.75) is 51.5 Å². The molecule has 1 aliphatic rings. The first kappa shape index (κ1) is 23.4. The Bertz CT molecular complexity index is 628. The van der Waals surface area contributed by atoms with Crippen LogP contribution >= 0.6 is 0 Å². The molecule has 0 saturated carbocycles. The fraction of sp³-hybridized carbons (Fsp3) is 0.647. The average Bonchev–Trinajstić information content (AvgIpc) is 2.60. The van der Waals surface area contributed by atoms with E-state index in [2.05, 4.69) is 11.2 Å². The molecule has 11 nitrogen and oxygen atoms in total.